The van der Waals surface area contributed by atoms with Crippen LogP contribution in [0.4, 0.5) is 0 Å². The molecule has 0 aliphatic carbocycles. The number of allylic oxidation sites excluding steroid dienone is 1. The molecule has 0 bridgehead atoms. The zero-order chi connectivity index (χ0) is 9.84. The van der Waals surface area contributed by atoms with Crippen LogP contribution in [0.5, 0.6) is 0 Å². The molecule has 0 aromatic heterocycles. The molecule has 0 spiro atoms. The third kappa shape index (κ3) is 2.32. The van der Waals surface area contributed by atoms with Crippen molar-refractivity contribution in [2.75, 3.05) is 0 Å². The molecule has 1 nitrogen and oxygen atoms in total. The molecule has 0 heterocycles. The third-order valence-electron chi connectivity index (χ3n) is 1.70. The fraction of sp³-hybridized carbons (Fsp3) is 0.0909. The number of hydrogen-bond donors (Lipinski definition) is 0. The SMILES string of the molecule is C=C=CC(=O)c1cc(Cl)ccc1C. The standard InChI is InChI=1S/C11H9ClO/c1-3-4-11(13)10-7-9(12)6-5-8(10)2/h4-7H,1H2,2H3. The molecule has 1 aromatic rings. The largest absolute Gasteiger partial charge is 0.289 e. The quantitative estimate of drug-likeness (QED) is 0.400. The number of carbonyl (C=O) groups is 1. The molecule has 66 valence electrons. The van der Waals surface area contributed by atoms with Crippen molar-refractivity contribution in [2.45, 2.75) is 6.92 Å². The molecule has 0 aliphatic rings. The first-order valence-corrected chi connectivity index (χ1v) is 4.19. The van der Waals surface area contributed by atoms with Crippen LogP contribution in [0.15, 0.2) is 36.6 Å². The van der Waals surface area contributed by atoms with Gasteiger partial charge >= 0.3 is 0 Å². The lowest BCUT2D eigenvalue weighted by Crippen LogP contribution is -1.96. The van der Waals surface area contributed by atoms with Crippen LogP contribution in [0.1, 0.15) is 15.9 Å². The van der Waals surface area contributed by atoms with E-state index in [4.69, 9.17) is 11.6 Å². The van der Waals surface area contributed by atoms with Crippen molar-refractivity contribution >= 4 is 17.4 Å². The Labute approximate surface area is 82.3 Å². The molecule has 2 heteroatoms. The van der Waals surface area contributed by atoms with Gasteiger partial charge in [-0.05, 0) is 24.6 Å². The molecule has 0 fully saturated rings. The number of benzene rings is 1. The summed E-state index contributed by atoms with van der Waals surface area (Å²) in [6, 6.07) is 5.21. The lowest BCUT2D eigenvalue weighted by atomic mass is 10.1. The summed E-state index contributed by atoms with van der Waals surface area (Å²) >= 11 is 5.76. The van der Waals surface area contributed by atoms with Crippen LogP contribution in [-0.2, 0) is 0 Å². The Morgan fingerprint density at radius 1 is 1.62 bits per heavy atom. The zero-order valence-corrected chi connectivity index (χ0v) is 8.06. The van der Waals surface area contributed by atoms with Gasteiger partial charge in [-0.1, -0.05) is 24.2 Å². The summed E-state index contributed by atoms with van der Waals surface area (Å²) in [6.07, 6.45) is 1.30. The predicted molar refractivity (Wildman–Crippen MR) is 54.2 cm³/mol. The van der Waals surface area contributed by atoms with Crippen LogP contribution < -0.4 is 0 Å². The second kappa shape index (κ2) is 4.08. The maximum atomic E-state index is 11.4. The Kier molecular flexibility index (Phi) is 3.07. The summed E-state index contributed by atoms with van der Waals surface area (Å²) in [5.41, 5.74) is 3.95. The number of carbonyl (C=O) groups excluding carboxylic acids is 1. The van der Waals surface area contributed by atoms with Gasteiger partial charge in [0.1, 0.15) is 0 Å². The Morgan fingerprint density at radius 3 is 2.92 bits per heavy atom. The highest BCUT2D eigenvalue weighted by Gasteiger charge is 2.05. The molecule has 0 atom stereocenters. The minimum Gasteiger partial charge on any atom is -0.289 e. The van der Waals surface area contributed by atoms with E-state index < -0.39 is 0 Å². The van der Waals surface area contributed by atoms with Gasteiger partial charge in [-0.15, -0.1) is 5.73 Å². The first-order valence-electron chi connectivity index (χ1n) is 3.81. The first-order chi connectivity index (χ1) is 6.15. The minimum absolute atomic E-state index is 0.116. The smallest absolute Gasteiger partial charge is 0.193 e. The molecule has 0 radical (unpaired) electrons. The first kappa shape index (κ1) is 9.79. The van der Waals surface area contributed by atoms with E-state index >= 15 is 0 Å². The van der Waals surface area contributed by atoms with Gasteiger partial charge in [0.05, 0.1) is 0 Å². The van der Waals surface area contributed by atoms with Crippen LogP contribution in [-0.4, -0.2) is 5.78 Å². The van der Waals surface area contributed by atoms with Crippen molar-refractivity contribution in [3.05, 3.63) is 52.7 Å². The van der Waals surface area contributed by atoms with Gasteiger partial charge in [0.25, 0.3) is 0 Å². The lowest BCUT2D eigenvalue weighted by molar-refractivity contribution is 0.104. The Morgan fingerprint density at radius 2 is 2.31 bits per heavy atom. The van der Waals surface area contributed by atoms with Crippen LogP contribution >= 0.6 is 11.6 Å². The summed E-state index contributed by atoms with van der Waals surface area (Å²) in [7, 11) is 0. The Hall–Kier alpha value is -1.30. The predicted octanol–water partition coefficient (Wildman–Crippen LogP) is 3.17. The number of halogens is 1. The van der Waals surface area contributed by atoms with Crippen molar-refractivity contribution in [1.82, 2.24) is 0 Å². The van der Waals surface area contributed by atoms with Gasteiger partial charge in [0.15, 0.2) is 5.78 Å². The maximum absolute atomic E-state index is 11.4. The van der Waals surface area contributed by atoms with Crippen LogP contribution in [0.3, 0.4) is 0 Å². The fourth-order valence-electron chi connectivity index (χ4n) is 1.03. The molecule has 0 saturated heterocycles. The van der Waals surface area contributed by atoms with E-state index in [1.165, 1.54) is 6.08 Å². The highest BCUT2D eigenvalue weighted by molar-refractivity contribution is 6.31. The summed E-state index contributed by atoms with van der Waals surface area (Å²) < 4.78 is 0. The second-order valence-electron chi connectivity index (χ2n) is 2.67. The van der Waals surface area contributed by atoms with E-state index in [1.807, 2.05) is 13.0 Å². The van der Waals surface area contributed by atoms with E-state index in [9.17, 15) is 4.79 Å². The van der Waals surface area contributed by atoms with E-state index in [0.717, 1.165) is 5.56 Å². The molecule has 13 heavy (non-hydrogen) atoms. The molecule has 0 N–H and O–H groups in total. The molecule has 1 rings (SSSR count). The summed E-state index contributed by atoms with van der Waals surface area (Å²) in [6.45, 7) is 5.21. The number of rotatable bonds is 2. The van der Waals surface area contributed by atoms with Crippen molar-refractivity contribution in [3.63, 3.8) is 0 Å². The average molecular weight is 193 g/mol. The van der Waals surface area contributed by atoms with Gasteiger partial charge in [-0.25, -0.2) is 0 Å². The molecule has 1 aromatic carbocycles. The Balaban J connectivity index is 3.20. The molecule has 0 saturated carbocycles. The number of ketones is 1. The van der Waals surface area contributed by atoms with Crippen molar-refractivity contribution < 1.29 is 4.79 Å². The third-order valence-corrected chi connectivity index (χ3v) is 1.93. The molecule has 0 amide bonds. The topological polar surface area (TPSA) is 17.1 Å². The fourth-order valence-corrected chi connectivity index (χ4v) is 1.20. The van der Waals surface area contributed by atoms with Gasteiger partial charge in [0, 0.05) is 16.7 Å². The van der Waals surface area contributed by atoms with Gasteiger partial charge in [-0.3, -0.25) is 4.79 Å². The van der Waals surface area contributed by atoms with Crippen molar-refractivity contribution in [2.24, 2.45) is 0 Å². The molecular formula is C11H9ClO. The zero-order valence-electron chi connectivity index (χ0n) is 7.30. The van der Waals surface area contributed by atoms with Crippen LogP contribution in [0, 0.1) is 6.92 Å². The van der Waals surface area contributed by atoms with Crippen molar-refractivity contribution in [1.29, 1.82) is 0 Å². The minimum atomic E-state index is -0.116. The monoisotopic (exact) mass is 192 g/mol. The Bertz CT molecular complexity index is 387. The van der Waals surface area contributed by atoms with E-state index in [0.29, 0.717) is 10.6 Å². The van der Waals surface area contributed by atoms with E-state index in [2.05, 4.69) is 12.3 Å². The summed E-state index contributed by atoms with van der Waals surface area (Å²) in [4.78, 5) is 11.4. The number of aryl methyl sites for hydroxylation is 1. The summed E-state index contributed by atoms with van der Waals surface area (Å²) in [5, 5.41) is 0.561. The van der Waals surface area contributed by atoms with E-state index in [1.54, 1.807) is 12.1 Å². The van der Waals surface area contributed by atoms with Crippen molar-refractivity contribution in [3.8, 4) is 0 Å². The van der Waals surface area contributed by atoms with Crippen LogP contribution in [0.25, 0.3) is 0 Å². The van der Waals surface area contributed by atoms with Crippen LogP contribution in [0.2, 0.25) is 5.02 Å². The second-order valence-corrected chi connectivity index (χ2v) is 3.11. The molecule has 0 unspecified atom stereocenters. The maximum Gasteiger partial charge on any atom is 0.193 e. The van der Waals surface area contributed by atoms with E-state index in [-0.39, 0.29) is 5.78 Å². The lowest BCUT2D eigenvalue weighted by Gasteiger charge is -2.00. The summed E-state index contributed by atoms with van der Waals surface area (Å²) in [5.74, 6) is -0.116. The van der Waals surface area contributed by atoms with Gasteiger partial charge in [-0.2, -0.15) is 0 Å². The highest BCUT2D eigenvalue weighted by atomic mass is 35.5. The number of hydrogen-bond acceptors (Lipinski definition) is 1. The van der Waals surface area contributed by atoms with Gasteiger partial charge in [0.2, 0.25) is 0 Å². The highest BCUT2D eigenvalue weighted by Crippen LogP contribution is 2.15. The molecular weight excluding hydrogens is 184 g/mol. The average Bonchev–Trinajstić information content (AvgIpc) is 2.09. The van der Waals surface area contributed by atoms with Gasteiger partial charge < -0.3 is 0 Å². The molecule has 0 aliphatic heterocycles. The normalized spacial score (nSPS) is 9.08.